The van der Waals surface area contributed by atoms with Crippen molar-refractivity contribution < 1.29 is 0 Å². The minimum atomic E-state index is -0.265. The molecule has 0 aliphatic rings. The Kier molecular flexibility index (Phi) is 3.42. The number of hydrogen-bond acceptors (Lipinski definition) is 4. The Hall–Kier alpha value is -1.76. The molecule has 0 aliphatic carbocycles. The smallest absolute Gasteiger partial charge is 0.275 e. The van der Waals surface area contributed by atoms with Gasteiger partial charge in [-0.25, -0.2) is 5.10 Å². The van der Waals surface area contributed by atoms with Crippen LogP contribution in [0.1, 0.15) is 32.0 Å². The molecule has 2 heterocycles. The van der Waals surface area contributed by atoms with Crippen LogP contribution in [-0.2, 0) is 0 Å². The van der Waals surface area contributed by atoms with Crippen LogP contribution in [0.4, 0.5) is 0 Å². The molecule has 1 unspecified atom stereocenters. The van der Waals surface area contributed by atoms with Gasteiger partial charge in [-0.05, 0) is 38.6 Å². The van der Waals surface area contributed by atoms with Crippen LogP contribution >= 0.6 is 12.2 Å². The standard InChI is InChI=1S/C11H15N5OS/c1-4-7(3)16-9(13-15-11(16)18)8-5-6(2)12-14-10(8)17/h5,7H,4H2,1-3H3,(H,14,17)(H,15,18). The number of nitrogens with one attached hydrogen (secondary N) is 2. The van der Waals surface area contributed by atoms with E-state index in [-0.39, 0.29) is 11.6 Å². The highest BCUT2D eigenvalue weighted by atomic mass is 32.1. The highest BCUT2D eigenvalue weighted by Gasteiger charge is 2.16. The maximum atomic E-state index is 11.8. The Labute approximate surface area is 109 Å². The minimum Gasteiger partial charge on any atom is -0.297 e. The fourth-order valence-corrected chi connectivity index (χ4v) is 2.07. The molecular weight excluding hydrogens is 250 g/mol. The molecule has 2 N–H and O–H groups in total. The molecule has 1 atom stereocenters. The molecule has 2 rings (SSSR count). The first-order valence-corrected chi connectivity index (χ1v) is 6.19. The molecule has 96 valence electrons. The van der Waals surface area contributed by atoms with Gasteiger partial charge in [0.05, 0.1) is 11.3 Å². The highest BCUT2D eigenvalue weighted by molar-refractivity contribution is 7.71. The van der Waals surface area contributed by atoms with Crippen LogP contribution in [0.3, 0.4) is 0 Å². The van der Waals surface area contributed by atoms with Gasteiger partial charge in [0.2, 0.25) is 0 Å². The fraction of sp³-hybridized carbons (Fsp3) is 0.455. The second kappa shape index (κ2) is 4.85. The zero-order valence-corrected chi connectivity index (χ0v) is 11.3. The molecule has 0 saturated carbocycles. The number of nitrogens with zero attached hydrogens (tertiary/aromatic N) is 3. The summed E-state index contributed by atoms with van der Waals surface area (Å²) in [6, 6.07) is 1.89. The molecule has 0 radical (unpaired) electrons. The van der Waals surface area contributed by atoms with Gasteiger partial charge in [0.25, 0.3) is 5.56 Å². The minimum absolute atomic E-state index is 0.180. The summed E-state index contributed by atoms with van der Waals surface area (Å²) >= 11 is 5.21. The molecule has 2 aromatic rings. The first-order chi connectivity index (χ1) is 8.54. The van der Waals surface area contributed by atoms with Crippen LogP contribution < -0.4 is 5.56 Å². The van der Waals surface area contributed by atoms with Gasteiger partial charge in [-0.3, -0.25) is 14.5 Å². The van der Waals surface area contributed by atoms with Crippen molar-refractivity contribution in [1.29, 1.82) is 0 Å². The summed E-state index contributed by atoms with van der Waals surface area (Å²) in [5, 5.41) is 13.2. The van der Waals surface area contributed by atoms with Crippen LogP contribution in [-0.4, -0.2) is 25.0 Å². The lowest BCUT2D eigenvalue weighted by Gasteiger charge is -2.12. The van der Waals surface area contributed by atoms with Crippen molar-refractivity contribution in [3.63, 3.8) is 0 Å². The molecule has 18 heavy (non-hydrogen) atoms. The van der Waals surface area contributed by atoms with Crippen molar-refractivity contribution in [3.8, 4) is 11.4 Å². The normalized spacial score (nSPS) is 12.6. The predicted octanol–water partition coefficient (Wildman–Crippen LogP) is 1.97. The monoisotopic (exact) mass is 265 g/mol. The van der Waals surface area contributed by atoms with Gasteiger partial charge in [-0.1, -0.05) is 6.92 Å². The van der Waals surface area contributed by atoms with Crippen molar-refractivity contribution in [2.24, 2.45) is 0 Å². The molecule has 0 bridgehead atoms. The SMILES string of the molecule is CCC(C)n1c(-c2cc(C)n[nH]c2=O)n[nH]c1=S. The second-order valence-electron chi connectivity index (χ2n) is 4.23. The van der Waals surface area contributed by atoms with Crippen molar-refractivity contribution in [1.82, 2.24) is 25.0 Å². The molecule has 0 amide bonds. The van der Waals surface area contributed by atoms with Gasteiger partial charge in [-0.2, -0.15) is 10.2 Å². The first kappa shape index (κ1) is 12.7. The van der Waals surface area contributed by atoms with Gasteiger partial charge in [0, 0.05) is 6.04 Å². The molecule has 7 heteroatoms. The van der Waals surface area contributed by atoms with E-state index < -0.39 is 0 Å². The zero-order chi connectivity index (χ0) is 13.3. The number of H-pyrrole nitrogens is 2. The van der Waals surface area contributed by atoms with E-state index in [1.54, 1.807) is 6.07 Å². The second-order valence-corrected chi connectivity index (χ2v) is 4.62. The molecular formula is C11H15N5OS. The van der Waals surface area contributed by atoms with E-state index in [4.69, 9.17) is 12.2 Å². The van der Waals surface area contributed by atoms with Crippen molar-refractivity contribution in [2.75, 3.05) is 0 Å². The third kappa shape index (κ3) is 2.13. The van der Waals surface area contributed by atoms with E-state index in [0.29, 0.717) is 16.2 Å². The third-order valence-corrected chi connectivity index (χ3v) is 3.20. The molecule has 0 fully saturated rings. The summed E-state index contributed by atoms with van der Waals surface area (Å²) in [6.07, 6.45) is 0.906. The Morgan fingerprint density at radius 2 is 2.17 bits per heavy atom. The predicted molar refractivity (Wildman–Crippen MR) is 71.0 cm³/mol. The lowest BCUT2D eigenvalue weighted by Crippen LogP contribution is -2.15. The largest absolute Gasteiger partial charge is 0.297 e. The average Bonchev–Trinajstić information content (AvgIpc) is 2.73. The highest BCUT2D eigenvalue weighted by Crippen LogP contribution is 2.20. The summed E-state index contributed by atoms with van der Waals surface area (Å²) in [6.45, 7) is 5.91. The number of hydrogen-bond donors (Lipinski definition) is 2. The Balaban J connectivity index is 2.68. The summed E-state index contributed by atoms with van der Waals surface area (Å²) in [7, 11) is 0. The van der Waals surface area contributed by atoms with Crippen LogP contribution in [0.15, 0.2) is 10.9 Å². The topological polar surface area (TPSA) is 79.4 Å². The Morgan fingerprint density at radius 1 is 1.44 bits per heavy atom. The fourth-order valence-electron chi connectivity index (χ4n) is 1.76. The average molecular weight is 265 g/mol. The van der Waals surface area contributed by atoms with E-state index in [0.717, 1.165) is 12.1 Å². The Bertz CT molecular complexity index is 669. The van der Waals surface area contributed by atoms with Gasteiger partial charge >= 0.3 is 0 Å². The number of rotatable bonds is 3. The Morgan fingerprint density at radius 3 is 2.83 bits per heavy atom. The van der Waals surface area contributed by atoms with E-state index in [9.17, 15) is 4.79 Å². The lowest BCUT2D eigenvalue weighted by atomic mass is 10.2. The number of aromatic nitrogens is 5. The molecule has 0 saturated heterocycles. The van der Waals surface area contributed by atoms with Crippen LogP contribution in [0.2, 0.25) is 0 Å². The quantitative estimate of drug-likeness (QED) is 0.832. The van der Waals surface area contributed by atoms with Gasteiger partial charge < -0.3 is 0 Å². The van der Waals surface area contributed by atoms with Gasteiger partial charge in [0.15, 0.2) is 10.6 Å². The van der Waals surface area contributed by atoms with Gasteiger partial charge in [0.1, 0.15) is 0 Å². The number of aryl methyl sites for hydroxylation is 1. The maximum absolute atomic E-state index is 11.8. The summed E-state index contributed by atoms with van der Waals surface area (Å²) in [5.74, 6) is 0.557. The molecule has 0 aliphatic heterocycles. The van der Waals surface area contributed by atoms with Crippen LogP contribution in [0.25, 0.3) is 11.4 Å². The van der Waals surface area contributed by atoms with Crippen molar-refractivity contribution in [2.45, 2.75) is 33.2 Å². The molecule has 0 aromatic carbocycles. The molecule has 0 spiro atoms. The van der Waals surface area contributed by atoms with E-state index in [2.05, 4.69) is 27.3 Å². The first-order valence-electron chi connectivity index (χ1n) is 5.78. The summed E-state index contributed by atoms with van der Waals surface area (Å²) in [5.41, 5.74) is 0.948. The molecule has 6 nitrogen and oxygen atoms in total. The van der Waals surface area contributed by atoms with E-state index in [1.165, 1.54) is 0 Å². The van der Waals surface area contributed by atoms with Crippen molar-refractivity contribution >= 4 is 12.2 Å². The lowest BCUT2D eigenvalue weighted by molar-refractivity contribution is 0.528. The van der Waals surface area contributed by atoms with Crippen LogP contribution in [0.5, 0.6) is 0 Å². The number of aromatic amines is 2. The third-order valence-electron chi connectivity index (χ3n) is 2.91. The van der Waals surface area contributed by atoms with Gasteiger partial charge in [-0.15, -0.1) is 0 Å². The summed E-state index contributed by atoms with van der Waals surface area (Å²) < 4.78 is 2.38. The zero-order valence-electron chi connectivity index (χ0n) is 10.5. The van der Waals surface area contributed by atoms with E-state index in [1.807, 2.05) is 18.4 Å². The van der Waals surface area contributed by atoms with Crippen LogP contribution in [0, 0.1) is 11.7 Å². The van der Waals surface area contributed by atoms with E-state index >= 15 is 0 Å². The molecule has 2 aromatic heterocycles. The van der Waals surface area contributed by atoms with Crippen molar-refractivity contribution in [3.05, 3.63) is 26.9 Å². The summed E-state index contributed by atoms with van der Waals surface area (Å²) in [4.78, 5) is 11.8. The maximum Gasteiger partial charge on any atom is 0.275 e.